The molecule has 0 aliphatic carbocycles. The maximum atomic E-state index is 12.0. The van der Waals surface area contributed by atoms with Crippen LogP contribution in [0.4, 0.5) is 4.79 Å². The van der Waals surface area contributed by atoms with E-state index in [0.29, 0.717) is 6.54 Å². The van der Waals surface area contributed by atoms with Gasteiger partial charge in [0.1, 0.15) is 5.60 Å². The van der Waals surface area contributed by atoms with Gasteiger partial charge in [-0.25, -0.2) is 4.79 Å². The van der Waals surface area contributed by atoms with Crippen LogP contribution >= 0.6 is 0 Å². The first kappa shape index (κ1) is 13.5. The van der Waals surface area contributed by atoms with E-state index in [0.717, 1.165) is 12.2 Å². The first-order valence-electron chi connectivity index (χ1n) is 5.84. The van der Waals surface area contributed by atoms with Crippen LogP contribution in [-0.4, -0.2) is 43.4 Å². The van der Waals surface area contributed by atoms with Crippen molar-refractivity contribution in [2.24, 2.45) is 5.73 Å². The zero-order chi connectivity index (χ0) is 12.6. The number of hydrogen-bond acceptors (Lipinski definition) is 3. The van der Waals surface area contributed by atoms with Crippen molar-refractivity contribution in [3.05, 3.63) is 0 Å². The predicted molar refractivity (Wildman–Crippen MR) is 68.1 cm³/mol. The molecule has 0 bridgehead atoms. The number of nitrogens with zero attached hydrogens (tertiary/aromatic N) is 1. The van der Waals surface area contributed by atoms with E-state index < -0.39 is 13.7 Å². The van der Waals surface area contributed by atoms with E-state index in [-0.39, 0.29) is 12.1 Å². The van der Waals surface area contributed by atoms with Gasteiger partial charge in [0.25, 0.3) is 0 Å². The first-order chi connectivity index (χ1) is 7.14. The summed E-state index contributed by atoms with van der Waals surface area (Å²) in [6, 6.07) is 1.26. The highest BCUT2D eigenvalue weighted by molar-refractivity contribution is 6.78. The lowest BCUT2D eigenvalue weighted by Gasteiger charge is -2.28. The van der Waals surface area contributed by atoms with Crippen LogP contribution in [0, 0.1) is 0 Å². The number of carbonyl (C=O) groups is 1. The molecule has 1 aliphatic rings. The van der Waals surface area contributed by atoms with Crippen LogP contribution in [0.1, 0.15) is 20.8 Å². The molecule has 4 nitrogen and oxygen atoms in total. The topological polar surface area (TPSA) is 55.6 Å². The molecular weight excluding hydrogens is 220 g/mol. The monoisotopic (exact) mass is 244 g/mol. The molecule has 1 fully saturated rings. The minimum absolute atomic E-state index is 0.177. The Hall–Kier alpha value is -0.553. The summed E-state index contributed by atoms with van der Waals surface area (Å²) in [5.41, 5.74) is 5.29. The minimum Gasteiger partial charge on any atom is -0.444 e. The van der Waals surface area contributed by atoms with Crippen molar-refractivity contribution in [1.29, 1.82) is 0 Å². The molecular formula is C11H24N2O2Si. The highest BCUT2D eigenvalue weighted by Crippen LogP contribution is 2.27. The van der Waals surface area contributed by atoms with Crippen LogP contribution in [0.25, 0.3) is 0 Å². The zero-order valence-corrected chi connectivity index (χ0v) is 12.0. The highest BCUT2D eigenvalue weighted by atomic mass is 28.3. The maximum Gasteiger partial charge on any atom is 0.410 e. The third kappa shape index (κ3) is 3.49. The number of rotatable bonds is 1. The van der Waals surface area contributed by atoms with Crippen LogP contribution in [-0.2, 0) is 4.74 Å². The predicted octanol–water partition coefficient (Wildman–Crippen LogP) is 1.81. The van der Waals surface area contributed by atoms with E-state index in [1.54, 1.807) is 0 Å². The first-order valence-corrected chi connectivity index (χ1v) is 9.26. The fraction of sp³-hybridized carbons (Fsp3) is 0.909. The largest absolute Gasteiger partial charge is 0.444 e. The van der Waals surface area contributed by atoms with Crippen LogP contribution in [0.3, 0.4) is 0 Å². The summed E-state index contributed by atoms with van der Waals surface area (Å²) in [4.78, 5) is 13.8. The molecule has 16 heavy (non-hydrogen) atoms. The Kier molecular flexibility index (Phi) is 3.69. The van der Waals surface area contributed by atoms with Gasteiger partial charge in [0.2, 0.25) is 0 Å². The molecule has 0 aromatic heterocycles. The smallest absolute Gasteiger partial charge is 0.410 e. The Morgan fingerprint density at radius 2 is 2.06 bits per heavy atom. The summed E-state index contributed by atoms with van der Waals surface area (Å²) in [6.45, 7) is 10.8. The van der Waals surface area contributed by atoms with E-state index in [2.05, 4.69) is 13.1 Å². The van der Waals surface area contributed by atoms with Crippen LogP contribution in [0.5, 0.6) is 0 Å². The van der Waals surface area contributed by atoms with E-state index in [4.69, 9.17) is 10.5 Å². The van der Waals surface area contributed by atoms with Crippen molar-refractivity contribution >= 4 is 14.2 Å². The highest BCUT2D eigenvalue weighted by Gasteiger charge is 2.42. The molecule has 0 radical (unpaired) electrons. The van der Waals surface area contributed by atoms with Gasteiger partial charge in [0.15, 0.2) is 0 Å². The Balaban J connectivity index is 2.69. The van der Waals surface area contributed by atoms with Crippen LogP contribution < -0.4 is 5.73 Å². The number of nitrogens with two attached hydrogens (primary N) is 1. The summed E-state index contributed by atoms with van der Waals surface area (Å²) in [5.74, 6) is 0. The van der Waals surface area contributed by atoms with Crippen molar-refractivity contribution in [2.75, 3.05) is 12.7 Å². The van der Waals surface area contributed by atoms with Gasteiger partial charge < -0.3 is 15.4 Å². The Labute approximate surface area is 99.1 Å². The standard InChI is InChI=1S/C11H24N2O2Si/c1-11(2,3)15-10(14)13-8-16(4,5)7-9(13)6-12/h9H,6-8,12H2,1-5H3/t9-/m1/s1. The number of carbonyl (C=O) groups excluding carboxylic acids is 1. The number of hydrogen-bond donors (Lipinski definition) is 1. The number of ether oxygens (including phenoxy) is 1. The second-order valence-corrected chi connectivity index (χ2v) is 11.4. The van der Waals surface area contributed by atoms with E-state index >= 15 is 0 Å². The lowest BCUT2D eigenvalue weighted by molar-refractivity contribution is 0.0242. The molecule has 1 rings (SSSR count). The lowest BCUT2D eigenvalue weighted by atomic mass is 10.2. The molecule has 5 heteroatoms. The molecule has 0 aromatic carbocycles. The summed E-state index contributed by atoms with van der Waals surface area (Å²) in [7, 11) is -1.28. The Morgan fingerprint density at radius 1 is 1.50 bits per heavy atom. The average molecular weight is 244 g/mol. The van der Waals surface area contributed by atoms with Gasteiger partial charge in [0.05, 0.1) is 8.07 Å². The molecule has 1 atom stereocenters. The van der Waals surface area contributed by atoms with E-state index in [1.165, 1.54) is 0 Å². The fourth-order valence-corrected chi connectivity index (χ4v) is 5.25. The van der Waals surface area contributed by atoms with Crippen LogP contribution in [0.2, 0.25) is 19.1 Å². The van der Waals surface area contributed by atoms with Crippen molar-refractivity contribution in [3.63, 3.8) is 0 Å². The van der Waals surface area contributed by atoms with Gasteiger partial charge in [-0.2, -0.15) is 0 Å². The molecule has 0 unspecified atom stereocenters. The second-order valence-electron chi connectivity index (χ2n) is 6.37. The second kappa shape index (κ2) is 4.37. The Morgan fingerprint density at radius 3 is 2.50 bits per heavy atom. The summed E-state index contributed by atoms with van der Waals surface area (Å²) < 4.78 is 5.40. The van der Waals surface area contributed by atoms with Gasteiger partial charge >= 0.3 is 6.09 Å². The number of amides is 1. The van der Waals surface area contributed by atoms with E-state index in [9.17, 15) is 4.79 Å². The maximum absolute atomic E-state index is 12.0. The molecule has 1 aliphatic heterocycles. The summed E-state index contributed by atoms with van der Waals surface area (Å²) >= 11 is 0. The van der Waals surface area contributed by atoms with Crippen molar-refractivity contribution < 1.29 is 9.53 Å². The van der Waals surface area contributed by atoms with Gasteiger partial charge in [-0.1, -0.05) is 13.1 Å². The lowest BCUT2D eigenvalue weighted by Crippen LogP contribution is -2.43. The van der Waals surface area contributed by atoms with Gasteiger partial charge in [0, 0.05) is 18.8 Å². The normalized spacial score (nSPS) is 24.6. The minimum atomic E-state index is -1.28. The van der Waals surface area contributed by atoms with Crippen molar-refractivity contribution in [2.45, 2.75) is 51.6 Å². The summed E-state index contributed by atoms with van der Waals surface area (Å²) in [5, 5.41) is 0. The molecule has 1 amide bonds. The molecule has 0 aromatic rings. The third-order valence-electron chi connectivity index (χ3n) is 2.73. The van der Waals surface area contributed by atoms with Gasteiger partial charge in [-0.3, -0.25) is 0 Å². The van der Waals surface area contributed by atoms with E-state index in [1.807, 2.05) is 25.7 Å². The molecule has 1 saturated heterocycles. The van der Waals surface area contributed by atoms with Gasteiger partial charge in [-0.15, -0.1) is 0 Å². The van der Waals surface area contributed by atoms with Crippen LogP contribution in [0.15, 0.2) is 0 Å². The summed E-state index contributed by atoms with van der Waals surface area (Å²) in [6.07, 6.45) is 0.657. The Bertz CT molecular complexity index is 274. The van der Waals surface area contributed by atoms with Crippen molar-refractivity contribution in [3.8, 4) is 0 Å². The van der Waals surface area contributed by atoms with Gasteiger partial charge in [-0.05, 0) is 26.8 Å². The fourth-order valence-electron chi connectivity index (χ4n) is 2.15. The third-order valence-corrected chi connectivity index (χ3v) is 5.50. The van der Waals surface area contributed by atoms with Crippen molar-refractivity contribution in [1.82, 2.24) is 4.90 Å². The molecule has 94 valence electrons. The zero-order valence-electron chi connectivity index (χ0n) is 11.0. The molecule has 2 N–H and O–H groups in total. The molecule has 0 saturated carbocycles. The molecule has 1 heterocycles. The quantitative estimate of drug-likeness (QED) is 0.716. The SMILES string of the molecule is CC(C)(C)OC(=O)N1C[Si](C)(C)C[C@H]1CN. The average Bonchev–Trinajstić information content (AvgIpc) is 2.38. The molecule has 0 spiro atoms.